The number of aromatic nitrogens is 3. The van der Waals surface area contributed by atoms with E-state index in [0.717, 1.165) is 10.5 Å². The molecule has 22 heavy (non-hydrogen) atoms. The molecule has 1 atom stereocenters. The van der Waals surface area contributed by atoms with Crippen molar-refractivity contribution in [1.82, 2.24) is 14.5 Å². The van der Waals surface area contributed by atoms with Crippen LogP contribution < -0.4 is 0 Å². The van der Waals surface area contributed by atoms with Gasteiger partial charge in [-0.3, -0.25) is 0 Å². The fourth-order valence-corrected chi connectivity index (χ4v) is 3.33. The summed E-state index contributed by atoms with van der Waals surface area (Å²) < 4.78 is 14.1. The van der Waals surface area contributed by atoms with Crippen molar-refractivity contribution in [3.8, 4) is 17.5 Å². The van der Waals surface area contributed by atoms with E-state index in [-0.39, 0.29) is 0 Å². The molecule has 0 saturated carbocycles. The van der Waals surface area contributed by atoms with E-state index in [1.807, 2.05) is 42.8 Å². The van der Waals surface area contributed by atoms with Crippen molar-refractivity contribution in [2.75, 3.05) is 5.75 Å². The Balaban J connectivity index is 2.23. The van der Waals surface area contributed by atoms with Gasteiger partial charge in [-0.05, 0) is 36.3 Å². The highest BCUT2D eigenvalue weighted by Gasteiger charge is 2.20. The summed E-state index contributed by atoms with van der Waals surface area (Å²) in [5.74, 6) is 1.26. The number of fused-ring (bicyclic) bond motifs is 1. The molecule has 2 aromatic heterocycles. The molecule has 0 radical (unpaired) electrons. The second-order valence-electron chi connectivity index (χ2n) is 4.80. The molecular weight excluding hydrogens is 296 g/mol. The van der Waals surface area contributed by atoms with Gasteiger partial charge in [-0.2, -0.15) is 5.26 Å². The highest BCUT2D eigenvalue weighted by Crippen LogP contribution is 2.29. The lowest BCUT2D eigenvalue weighted by Gasteiger charge is -2.12. The van der Waals surface area contributed by atoms with Gasteiger partial charge in [0.05, 0.1) is 11.1 Å². The molecule has 3 aromatic rings. The number of rotatable bonds is 3. The molecule has 1 unspecified atom stereocenters. The molecule has 0 amide bonds. The minimum Gasteiger partial charge on any atom is -0.611 e. The van der Waals surface area contributed by atoms with Crippen molar-refractivity contribution in [2.24, 2.45) is 7.05 Å². The Kier molecular flexibility index (Phi) is 3.84. The van der Waals surface area contributed by atoms with Crippen LogP contribution in [0.4, 0.5) is 0 Å². The number of hydrogen-bond donors (Lipinski definition) is 0. The SMILES string of the molecule is CC[S+]([O-])c1ccccc1-c1nc2cc(C#N)cnc2n1C. The summed E-state index contributed by atoms with van der Waals surface area (Å²) in [4.78, 5) is 9.65. The van der Waals surface area contributed by atoms with Crippen molar-refractivity contribution in [3.63, 3.8) is 0 Å². The largest absolute Gasteiger partial charge is 0.611 e. The molecule has 0 spiro atoms. The summed E-state index contributed by atoms with van der Waals surface area (Å²) in [6, 6.07) is 11.3. The number of pyridine rings is 1. The lowest BCUT2D eigenvalue weighted by atomic mass is 10.2. The lowest BCUT2D eigenvalue weighted by molar-refractivity contribution is 0.596. The Bertz CT molecular complexity index is 881. The van der Waals surface area contributed by atoms with Gasteiger partial charge in [0.15, 0.2) is 10.5 Å². The van der Waals surface area contributed by atoms with Crippen molar-refractivity contribution in [2.45, 2.75) is 11.8 Å². The number of benzene rings is 1. The first kappa shape index (κ1) is 14.6. The van der Waals surface area contributed by atoms with E-state index in [9.17, 15) is 4.55 Å². The van der Waals surface area contributed by atoms with Gasteiger partial charge in [0.2, 0.25) is 0 Å². The second-order valence-corrected chi connectivity index (χ2v) is 6.51. The fourth-order valence-electron chi connectivity index (χ4n) is 2.38. The Morgan fingerprint density at radius 2 is 2.14 bits per heavy atom. The van der Waals surface area contributed by atoms with Crippen LogP contribution in [0.2, 0.25) is 0 Å². The standard InChI is InChI=1S/C16H14N4OS/c1-3-22(21)14-7-5-4-6-12(14)15-19-13-8-11(9-17)10-18-16(13)20(15)2/h4-8,10H,3H2,1-2H3. The molecule has 0 fully saturated rings. The number of imidazole rings is 1. The average molecular weight is 310 g/mol. The zero-order valence-electron chi connectivity index (χ0n) is 12.3. The zero-order chi connectivity index (χ0) is 15.7. The number of aryl methyl sites for hydroxylation is 1. The third-order valence-electron chi connectivity index (χ3n) is 3.47. The Hall–Kier alpha value is -2.36. The van der Waals surface area contributed by atoms with Crippen LogP contribution in [0.3, 0.4) is 0 Å². The van der Waals surface area contributed by atoms with Gasteiger partial charge in [-0.25, -0.2) is 9.97 Å². The van der Waals surface area contributed by atoms with Crippen molar-refractivity contribution in [3.05, 3.63) is 42.1 Å². The average Bonchev–Trinajstić information content (AvgIpc) is 2.90. The Morgan fingerprint density at radius 3 is 2.86 bits per heavy atom. The van der Waals surface area contributed by atoms with Gasteiger partial charge in [0, 0.05) is 13.2 Å². The van der Waals surface area contributed by atoms with Crippen LogP contribution in [0.15, 0.2) is 41.4 Å². The number of nitriles is 1. The summed E-state index contributed by atoms with van der Waals surface area (Å²) in [5, 5.41) is 8.97. The van der Waals surface area contributed by atoms with E-state index >= 15 is 0 Å². The van der Waals surface area contributed by atoms with Gasteiger partial charge in [0.1, 0.15) is 23.2 Å². The minimum absolute atomic E-state index is 0.475. The molecule has 2 heterocycles. The molecule has 5 nitrogen and oxygen atoms in total. The molecule has 0 N–H and O–H groups in total. The second kappa shape index (κ2) is 5.79. The number of hydrogen-bond acceptors (Lipinski definition) is 4. The normalized spacial score (nSPS) is 12.3. The maximum absolute atomic E-state index is 12.2. The Labute approximate surface area is 131 Å². The van der Waals surface area contributed by atoms with E-state index in [1.54, 1.807) is 6.07 Å². The van der Waals surface area contributed by atoms with Gasteiger partial charge in [0.25, 0.3) is 0 Å². The van der Waals surface area contributed by atoms with Crippen LogP contribution in [0.5, 0.6) is 0 Å². The summed E-state index contributed by atoms with van der Waals surface area (Å²) in [6.07, 6.45) is 1.53. The predicted molar refractivity (Wildman–Crippen MR) is 85.6 cm³/mol. The molecule has 0 saturated heterocycles. The summed E-state index contributed by atoms with van der Waals surface area (Å²) >= 11 is -1.06. The van der Waals surface area contributed by atoms with Gasteiger partial charge in [-0.15, -0.1) is 0 Å². The summed E-state index contributed by atoms with van der Waals surface area (Å²) in [7, 11) is 1.87. The van der Waals surface area contributed by atoms with E-state index in [4.69, 9.17) is 5.26 Å². The maximum Gasteiger partial charge on any atom is 0.163 e. The van der Waals surface area contributed by atoms with Crippen molar-refractivity contribution < 1.29 is 4.55 Å². The van der Waals surface area contributed by atoms with Crippen LogP contribution in [-0.2, 0) is 18.2 Å². The van der Waals surface area contributed by atoms with Crippen LogP contribution in [0.1, 0.15) is 12.5 Å². The fraction of sp³-hybridized carbons (Fsp3) is 0.188. The monoisotopic (exact) mass is 310 g/mol. The maximum atomic E-state index is 12.2. The molecule has 0 aliphatic rings. The summed E-state index contributed by atoms with van der Waals surface area (Å²) in [6.45, 7) is 1.89. The van der Waals surface area contributed by atoms with E-state index < -0.39 is 11.2 Å². The lowest BCUT2D eigenvalue weighted by Crippen LogP contribution is -2.07. The van der Waals surface area contributed by atoms with Crippen molar-refractivity contribution in [1.29, 1.82) is 5.26 Å². The van der Waals surface area contributed by atoms with Gasteiger partial charge < -0.3 is 9.12 Å². The van der Waals surface area contributed by atoms with Crippen molar-refractivity contribution >= 4 is 22.3 Å². The molecular formula is C16H14N4OS. The third kappa shape index (κ3) is 2.34. The van der Waals surface area contributed by atoms with Gasteiger partial charge >= 0.3 is 0 Å². The highest BCUT2D eigenvalue weighted by molar-refractivity contribution is 7.91. The van der Waals surface area contributed by atoms with E-state index in [1.165, 1.54) is 6.20 Å². The van der Waals surface area contributed by atoms with Gasteiger partial charge in [-0.1, -0.05) is 12.1 Å². The van der Waals surface area contributed by atoms with E-state index in [2.05, 4.69) is 16.0 Å². The topological polar surface area (TPSA) is 77.6 Å². The summed E-state index contributed by atoms with van der Waals surface area (Å²) in [5.41, 5.74) is 2.67. The zero-order valence-corrected chi connectivity index (χ0v) is 13.1. The minimum atomic E-state index is -1.06. The quantitative estimate of drug-likeness (QED) is 0.697. The molecule has 0 aliphatic heterocycles. The van der Waals surface area contributed by atoms with Crippen LogP contribution in [-0.4, -0.2) is 24.8 Å². The molecule has 110 valence electrons. The van der Waals surface area contributed by atoms with Crippen LogP contribution >= 0.6 is 0 Å². The number of nitrogens with zero attached hydrogens (tertiary/aromatic N) is 4. The first-order chi connectivity index (χ1) is 10.7. The molecule has 6 heteroatoms. The predicted octanol–water partition coefficient (Wildman–Crippen LogP) is 2.63. The first-order valence-electron chi connectivity index (χ1n) is 6.86. The first-order valence-corrected chi connectivity index (χ1v) is 8.18. The van der Waals surface area contributed by atoms with Crippen LogP contribution in [0, 0.1) is 11.3 Å². The van der Waals surface area contributed by atoms with Crippen LogP contribution in [0.25, 0.3) is 22.6 Å². The molecule has 0 aliphatic carbocycles. The molecule has 3 rings (SSSR count). The third-order valence-corrected chi connectivity index (χ3v) is 4.84. The Morgan fingerprint density at radius 1 is 1.36 bits per heavy atom. The molecule has 1 aromatic carbocycles. The smallest absolute Gasteiger partial charge is 0.163 e. The highest BCUT2D eigenvalue weighted by atomic mass is 32.2. The molecule has 0 bridgehead atoms. The van der Waals surface area contributed by atoms with E-state index in [0.29, 0.717) is 28.3 Å².